The minimum atomic E-state index is -0.212. The van der Waals surface area contributed by atoms with Crippen molar-refractivity contribution in [3.63, 3.8) is 0 Å². The van der Waals surface area contributed by atoms with Crippen molar-refractivity contribution in [1.82, 2.24) is 19.7 Å². The van der Waals surface area contributed by atoms with Gasteiger partial charge in [0, 0.05) is 24.6 Å². The summed E-state index contributed by atoms with van der Waals surface area (Å²) in [6.45, 7) is 2.41. The van der Waals surface area contributed by atoms with Crippen molar-refractivity contribution >= 4 is 11.6 Å². The van der Waals surface area contributed by atoms with Crippen LogP contribution in [-0.4, -0.2) is 27.4 Å². The number of nitrogens with zero attached hydrogens (tertiary/aromatic N) is 3. The van der Waals surface area contributed by atoms with Crippen LogP contribution in [0.4, 0.5) is 0 Å². The van der Waals surface area contributed by atoms with Gasteiger partial charge in [-0.2, -0.15) is 0 Å². The highest BCUT2D eigenvalue weighted by molar-refractivity contribution is 5.92. The third kappa shape index (κ3) is 3.71. The van der Waals surface area contributed by atoms with E-state index >= 15 is 0 Å². The predicted molar refractivity (Wildman–Crippen MR) is 107 cm³/mol. The van der Waals surface area contributed by atoms with E-state index in [2.05, 4.69) is 21.4 Å². The average molecular weight is 372 g/mol. The number of hydrogen-bond acceptors (Lipinski definition) is 4. The molecule has 4 aromatic rings. The first-order valence-corrected chi connectivity index (χ1v) is 8.95. The number of hydrogen-bond donors (Lipinski definition) is 1. The Kier molecular flexibility index (Phi) is 4.76. The number of fused-ring (bicyclic) bond motifs is 1. The molecule has 0 aliphatic carbocycles. The summed E-state index contributed by atoms with van der Waals surface area (Å²) in [7, 11) is 1.60. The maximum absolute atomic E-state index is 12.4. The van der Waals surface area contributed by atoms with E-state index in [1.165, 1.54) is 0 Å². The molecule has 4 rings (SSSR count). The van der Waals surface area contributed by atoms with Gasteiger partial charge in [0.1, 0.15) is 17.1 Å². The third-order valence-corrected chi connectivity index (χ3v) is 4.53. The molecular formula is C22H20N4O2. The molecular weight excluding hydrogens is 352 g/mol. The summed E-state index contributed by atoms with van der Waals surface area (Å²) >= 11 is 0. The van der Waals surface area contributed by atoms with Crippen LogP contribution >= 0.6 is 0 Å². The van der Waals surface area contributed by atoms with Gasteiger partial charge in [-0.25, -0.2) is 4.98 Å². The molecule has 28 heavy (non-hydrogen) atoms. The number of benzene rings is 1. The summed E-state index contributed by atoms with van der Waals surface area (Å²) in [6.07, 6.45) is 5.30. The fourth-order valence-corrected chi connectivity index (χ4v) is 3.01. The normalized spacial score (nSPS) is 10.8. The summed E-state index contributed by atoms with van der Waals surface area (Å²) in [6, 6.07) is 15.8. The number of carbonyl (C=O) groups is 1. The molecule has 140 valence electrons. The fraction of sp³-hybridized carbons (Fsp3) is 0.136. The number of nitrogens with one attached hydrogen (secondary N) is 1. The largest absolute Gasteiger partial charge is 0.495 e. The molecule has 0 aliphatic heterocycles. The minimum absolute atomic E-state index is 0.212. The van der Waals surface area contributed by atoms with Crippen LogP contribution in [0.1, 0.15) is 21.7 Å². The van der Waals surface area contributed by atoms with Gasteiger partial charge in [-0.3, -0.25) is 9.78 Å². The van der Waals surface area contributed by atoms with Crippen LogP contribution < -0.4 is 10.1 Å². The van der Waals surface area contributed by atoms with Crippen LogP contribution in [0, 0.1) is 6.92 Å². The van der Waals surface area contributed by atoms with Crippen LogP contribution in [-0.2, 0) is 6.54 Å². The molecule has 0 aliphatic rings. The highest BCUT2D eigenvalue weighted by Gasteiger charge is 2.11. The molecule has 0 saturated carbocycles. The molecule has 1 amide bonds. The van der Waals surface area contributed by atoms with Crippen LogP contribution in [0.25, 0.3) is 16.8 Å². The Morgan fingerprint density at radius 1 is 1.07 bits per heavy atom. The first-order chi connectivity index (χ1) is 13.6. The van der Waals surface area contributed by atoms with Crippen molar-refractivity contribution in [2.75, 3.05) is 7.11 Å². The molecule has 0 unspecified atom stereocenters. The van der Waals surface area contributed by atoms with Gasteiger partial charge < -0.3 is 14.5 Å². The Bertz CT molecular complexity index is 1130. The molecule has 0 atom stereocenters. The molecule has 0 saturated heterocycles. The number of amides is 1. The van der Waals surface area contributed by atoms with E-state index in [4.69, 9.17) is 4.74 Å². The lowest BCUT2D eigenvalue weighted by Gasteiger charge is -2.06. The molecule has 1 N–H and O–H groups in total. The number of aromatic nitrogens is 3. The van der Waals surface area contributed by atoms with E-state index in [1.54, 1.807) is 23.9 Å². The number of aryl methyl sites for hydroxylation is 1. The van der Waals surface area contributed by atoms with Crippen molar-refractivity contribution < 1.29 is 9.53 Å². The minimum Gasteiger partial charge on any atom is -0.495 e. The Hall–Kier alpha value is -3.67. The molecule has 0 spiro atoms. The third-order valence-electron chi connectivity index (χ3n) is 4.53. The zero-order chi connectivity index (χ0) is 19.5. The van der Waals surface area contributed by atoms with Crippen LogP contribution in [0.15, 0.2) is 67.1 Å². The molecule has 6 heteroatoms. The van der Waals surface area contributed by atoms with E-state index in [1.807, 2.05) is 55.6 Å². The van der Waals surface area contributed by atoms with Crippen LogP contribution in [0.5, 0.6) is 5.75 Å². The zero-order valence-corrected chi connectivity index (χ0v) is 15.7. The second-order valence-corrected chi connectivity index (χ2v) is 6.53. The van der Waals surface area contributed by atoms with Gasteiger partial charge in [0.25, 0.3) is 5.91 Å². The number of imidazole rings is 1. The SMILES string of the molecule is COc1ccc2nc(C(=O)NCc3ccc(-c4ccnc(C)c4)cc3)cn2c1. The summed E-state index contributed by atoms with van der Waals surface area (Å²) < 4.78 is 6.97. The van der Waals surface area contributed by atoms with E-state index in [0.717, 1.165) is 22.4 Å². The van der Waals surface area contributed by atoms with Gasteiger partial charge >= 0.3 is 0 Å². The Balaban J connectivity index is 1.43. The zero-order valence-electron chi connectivity index (χ0n) is 15.7. The number of ether oxygens (including phenoxy) is 1. The van der Waals surface area contributed by atoms with Gasteiger partial charge in [-0.1, -0.05) is 24.3 Å². The van der Waals surface area contributed by atoms with Crippen LogP contribution in [0.2, 0.25) is 0 Å². The van der Waals surface area contributed by atoms with Gasteiger partial charge in [0.15, 0.2) is 0 Å². The van der Waals surface area contributed by atoms with E-state index in [-0.39, 0.29) is 5.91 Å². The lowest BCUT2D eigenvalue weighted by atomic mass is 10.0. The molecule has 3 aromatic heterocycles. The first-order valence-electron chi connectivity index (χ1n) is 8.95. The van der Waals surface area contributed by atoms with Crippen LogP contribution in [0.3, 0.4) is 0 Å². The molecule has 0 bridgehead atoms. The first kappa shape index (κ1) is 17.7. The lowest BCUT2D eigenvalue weighted by molar-refractivity contribution is 0.0946. The lowest BCUT2D eigenvalue weighted by Crippen LogP contribution is -2.23. The van der Waals surface area contributed by atoms with Crippen molar-refractivity contribution in [2.24, 2.45) is 0 Å². The summed E-state index contributed by atoms with van der Waals surface area (Å²) in [5.41, 5.74) is 5.32. The van der Waals surface area contributed by atoms with Gasteiger partial charge in [0.05, 0.1) is 13.3 Å². The Labute approximate surface area is 162 Å². The summed E-state index contributed by atoms with van der Waals surface area (Å²) in [4.78, 5) is 21.0. The standard InChI is InChI=1S/C22H20N4O2/c1-15-11-18(9-10-23-15)17-5-3-16(4-6-17)12-24-22(27)20-14-26-13-19(28-2)7-8-21(26)25-20/h3-11,13-14H,12H2,1-2H3,(H,24,27). The summed E-state index contributed by atoms with van der Waals surface area (Å²) in [5, 5.41) is 2.92. The summed E-state index contributed by atoms with van der Waals surface area (Å²) in [5.74, 6) is 0.498. The number of pyridine rings is 2. The van der Waals surface area contributed by atoms with E-state index in [9.17, 15) is 4.79 Å². The molecule has 3 heterocycles. The monoisotopic (exact) mass is 372 g/mol. The Morgan fingerprint density at radius 2 is 1.89 bits per heavy atom. The van der Waals surface area contributed by atoms with E-state index in [0.29, 0.717) is 23.6 Å². The predicted octanol–water partition coefficient (Wildman–Crippen LogP) is 3.64. The molecule has 1 aromatic carbocycles. The van der Waals surface area contributed by atoms with Crippen molar-refractivity contribution in [2.45, 2.75) is 13.5 Å². The van der Waals surface area contributed by atoms with Crippen molar-refractivity contribution in [3.05, 3.63) is 84.1 Å². The van der Waals surface area contributed by atoms with Gasteiger partial charge in [-0.15, -0.1) is 0 Å². The second kappa shape index (κ2) is 7.52. The smallest absolute Gasteiger partial charge is 0.271 e. The molecule has 0 fully saturated rings. The Morgan fingerprint density at radius 3 is 2.64 bits per heavy atom. The molecule has 0 radical (unpaired) electrons. The van der Waals surface area contributed by atoms with Crippen molar-refractivity contribution in [3.8, 4) is 16.9 Å². The van der Waals surface area contributed by atoms with Gasteiger partial charge in [-0.05, 0) is 47.9 Å². The quantitative estimate of drug-likeness (QED) is 0.581. The topological polar surface area (TPSA) is 68.5 Å². The fourth-order valence-electron chi connectivity index (χ4n) is 3.01. The number of carbonyl (C=O) groups excluding carboxylic acids is 1. The highest BCUT2D eigenvalue weighted by atomic mass is 16.5. The maximum Gasteiger partial charge on any atom is 0.271 e. The maximum atomic E-state index is 12.4. The average Bonchev–Trinajstić information content (AvgIpc) is 3.15. The van der Waals surface area contributed by atoms with Gasteiger partial charge in [0.2, 0.25) is 0 Å². The number of rotatable bonds is 5. The highest BCUT2D eigenvalue weighted by Crippen LogP contribution is 2.20. The number of methoxy groups -OCH3 is 1. The second-order valence-electron chi connectivity index (χ2n) is 6.53. The van der Waals surface area contributed by atoms with E-state index < -0.39 is 0 Å². The van der Waals surface area contributed by atoms with Crippen molar-refractivity contribution in [1.29, 1.82) is 0 Å². The molecule has 6 nitrogen and oxygen atoms in total.